The zero-order valence-corrected chi connectivity index (χ0v) is 12.1. The highest BCUT2D eigenvalue weighted by atomic mass is 79.9. The van der Waals surface area contributed by atoms with Crippen LogP contribution in [0.4, 0.5) is 0 Å². The molecule has 94 valence electrons. The lowest BCUT2D eigenvalue weighted by Crippen LogP contribution is -2.30. The molecule has 1 fully saturated rings. The Kier molecular flexibility index (Phi) is 3.26. The number of nitrogens with one attached hydrogen (secondary N) is 1. The molecule has 18 heavy (non-hydrogen) atoms. The molecule has 0 aromatic carbocycles. The summed E-state index contributed by atoms with van der Waals surface area (Å²) in [5.74, 6) is 0.0920. The minimum Gasteiger partial charge on any atom is -0.356 e. The Morgan fingerprint density at radius 2 is 2.44 bits per heavy atom. The number of halogens is 1. The Balaban J connectivity index is 1.85. The summed E-state index contributed by atoms with van der Waals surface area (Å²) in [7, 11) is 0. The van der Waals surface area contributed by atoms with Gasteiger partial charge in [0.15, 0.2) is 0 Å². The molecule has 3 nitrogen and oxygen atoms in total. The molecule has 3 rings (SSSR count). The molecule has 1 N–H and O–H groups in total. The Bertz CT molecular complexity index is 549. The lowest BCUT2D eigenvalue weighted by Gasteiger charge is -2.23. The third kappa shape index (κ3) is 2.12. The lowest BCUT2D eigenvalue weighted by atomic mass is 10.1. The van der Waals surface area contributed by atoms with Crippen molar-refractivity contribution in [3.8, 4) is 0 Å². The van der Waals surface area contributed by atoms with Gasteiger partial charge in [-0.15, -0.1) is 0 Å². The molecule has 1 aliphatic rings. The fourth-order valence-corrected chi connectivity index (χ4v) is 3.52. The second-order valence-electron chi connectivity index (χ2n) is 4.44. The smallest absolute Gasteiger partial charge is 0.270 e. The van der Waals surface area contributed by atoms with Crippen LogP contribution in [0.25, 0.3) is 0 Å². The molecule has 0 saturated carbocycles. The van der Waals surface area contributed by atoms with E-state index in [2.05, 4.69) is 37.7 Å². The van der Waals surface area contributed by atoms with Crippen LogP contribution in [0.15, 0.2) is 33.6 Å². The van der Waals surface area contributed by atoms with E-state index in [4.69, 9.17) is 0 Å². The summed E-state index contributed by atoms with van der Waals surface area (Å²) in [6.45, 7) is 0.843. The maximum absolute atomic E-state index is 12.4. The summed E-state index contributed by atoms with van der Waals surface area (Å²) >= 11 is 5.05. The lowest BCUT2D eigenvalue weighted by molar-refractivity contribution is 0.0730. The maximum atomic E-state index is 12.4. The topological polar surface area (TPSA) is 36.1 Å². The van der Waals surface area contributed by atoms with Crippen molar-refractivity contribution in [2.24, 2.45) is 0 Å². The fraction of sp³-hybridized carbons (Fsp3) is 0.308. The predicted molar refractivity (Wildman–Crippen MR) is 75.8 cm³/mol. The fourth-order valence-electron chi connectivity index (χ4n) is 2.47. The molecular formula is C13H13BrN2OS. The first kappa shape index (κ1) is 12.0. The molecule has 0 spiro atoms. The first-order valence-electron chi connectivity index (χ1n) is 5.92. The number of nitrogens with zero attached hydrogens (tertiary/aromatic N) is 1. The number of H-pyrrole nitrogens is 1. The van der Waals surface area contributed by atoms with Crippen LogP contribution in [0.3, 0.4) is 0 Å². The van der Waals surface area contributed by atoms with Gasteiger partial charge in [0.05, 0.1) is 6.04 Å². The second kappa shape index (κ2) is 4.90. The van der Waals surface area contributed by atoms with Crippen molar-refractivity contribution >= 4 is 33.2 Å². The van der Waals surface area contributed by atoms with Crippen molar-refractivity contribution in [1.82, 2.24) is 9.88 Å². The third-order valence-corrected chi connectivity index (χ3v) is 4.48. The van der Waals surface area contributed by atoms with Gasteiger partial charge in [-0.25, -0.2) is 0 Å². The van der Waals surface area contributed by atoms with Gasteiger partial charge in [-0.3, -0.25) is 4.79 Å². The molecule has 2 aromatic rings. The molecule has 1 saturated heterocycles. The average Bonchev–Trinajstić information content (AvgIpc) is 3.08. The Hall–Kier alpha value is -1.07. The number of likely N-dealkylation sites (tertiary alicyclic amines) is 1. The van der Waals surface area contributed by atoms with Crippen molar-refractivity contribution < 1.29 is 4.79 Å². The van der Waals surface area contributed by atoms with Gasteiger partial charge in [-0.05, 0) is 57.2 Å². The third-order valence-electron chi connectivity index (χ3n) is 3.32. The van der Waals surface area contributed by atoms with Crippen LogP contribution in [0.5, 0.6) is 0 Å². The molecule has 0 aliphatic carbocycles. The molecule has 1 amide bonds. The van der Waals surface area contributed by atoms with Crippen LogP contribution in [-0.2, 0) is 0 Å². The maximum Gasteiger partial charge on any atom is 0.270 e. The van der Waals surface area contributed by atoms with E-state index >= 15 is 0 Å². The summed E-state index contributed by atoms with van der Waals surface area (Å²) in [4.78, 5) is 17.4. The van der Waals surface area contributed by atoms with Crippen LogP contribution < -0.4 is 0 Å². The Morgan fingerprint density at radius 1 is 1.56 bits per heavy atom. The van der Waals surface area contributed by atoms with Crippen molar-refractivity contribution in [2.45, 2.75) is 18.9 Å². The van der Waals surface area contributed by atoms with Gasteiger partial charge >= 0.3 is 0 Å². The summed E-state index contributed by atoms with van der Waals surface area (Å²) in [5, 5.41) is 4.21. The normalized spacial score (nSPS) is 19.4. The standard InChI is InChI=1S/C13H13BrN2OS/c14-10-6-11(15-7-10)13(17)16-4-1-2-12(16)9-3-5-18-8-9/h3,5-8,12,15H,1-2,4H2/t12-/m1/s1. The van der Waals surface area contributed by atoms with Crippen LogP contribution in [0, 0.1) is 0 Å². The van der Waals surface area contributed by atoms with Crippen LogP contribution in [0.2, 0.25) is 0 Å². The zero-order chi connectivity index (χ0) is 12.5. The van der Waals surface area contributed by atoms with Crippen molar-refractivity contribution in [3.63, 3.8) is 0 Å². The number of thiophene rings is 1. The van der Waals surface area contributed by atoms with Gasteiger partial charge in [0.25, 0.3) is 5.91 Å². The van der Waals surface area contributed by atoms with Gasteiger partial charge in [-0.1, -0.05) is 0 Å². The molecule has 5 heteroatoms. The van der Waals surface area contributed by atoms with Crippen LogP contribution in [0.1, 0.15) is 34.9 Å². The number of aromatic amines is 1. The second-order valence-corrected chi connectivity index (χ2v) is 6.14. The number of carbonyl (C=O) groups is 1. The monoisotopic (exact) mass is 324 g/mol. The van der Waals surface area contributed by atoms with E-state index in [0.29, 0.717) is 5.69 Å². The number of amides is 1. The molecule has 0 unspecified atom stereocenters. The zero-order valence-electron chi connectivity index (χ0n) is 9.73. The van der Waals surface area contributed by atoms with E-state index in [1.807, 2.05) is 11.0 Å². The SMILES string of the molecule is O=C(c1cc(Br)c[nH]1)N1CCC[C@@H]1c1ccsc1. The quantitative estimate of drug-likeness (QED) is 0.895. The van der Waals surface area contributed by atoms with Crippen molar-refractivity contribution in [3.05, 3.63) is 44.8 Å². The van der Waals surface area contributed by atoms with E-state index < -0.39 is 0 Å². The molecule has 3 heterocycles. The minimum absolute atomic E-state index is 0.0920. The molecular weight excluding hydrogens is 312 g/mol. The van der Waals surface area contributed by atoms with Crippen LogP contribution in [-0.4, -0.2) is 22.3 Å². The molecule has 0 bridgehead atoms. The van der Waals surface area contributed by atoms with Crippen molar-refractivity contribution in [1.29, 1.82) is 0 Å². The van der Waals surface area contributed by atoms with Gasteiger partial charge in [0, 0.05) is 17.2 Å². The highest BCUT2D eigenvalue weighted by Crippen LogP contribution is 2.34. The first-order chi connectivity index (χ1) is 8.75. The van der Waals surface area contributed by atoms with E-state index in [9.17, 15) is 4.79 Å². The summed E-state index contributed by atoms with van der Waals surface area (Å²) in [6, 6.07) is 4.20. The highest BCUT2D eigenvalue weighted by molar-refractivity contribution is 9.10. The Morgan fingerprint density at radius 3 is 3.11 bits per heavy atom. The first-order valence-corrected chi connectivity index (χ1v) is 7.66. The molecule has 2 aromatic heterocycles. The van der Waals surface area contributed by atoms with E-state index in [-0.39, 0.29) is 11.9 Å². The number of hydrogen-bond acceptors (Lipinski definition) is 2. The van der Waals surface area contributed by atoms with Gasteiger partial charge < -0.3 is 9.88 Å². The number of rotatable bonds is 2. The number of aromatic nitrogens is 1. The molecule has 1 aliphatic heterocycles. The van der Waals surface area contributed by atoms with Gasteiger partial charge in [0.2, 0.25) is 0 Å². The van der Waals surface area contributed by atoms with Crippen LogP contribution >= 0.6 is 27.3 Å². The minimum atomic E-state index is 0.0920. The number of hydrogen-bond donors (Lipinski definition) is 1. The predicted octanol–water partition coefficient (Wildman–Crippen LogP) is 3.82. The largest absolute Gasteiger partial charge is 0.356 e. The highest BCUT2D eigenvalue weighted by Gasteiger charge is 2.31. The Labute approximate surface area is 118 Å². The molecule has 0 radical (unpaired) electrons. The molecule has 1 atom stereocenters. The van der Waals surface area contributed by atoms with Gasteiger partial charge in [-0.2, -0.15) is 11.3 Å². The van der Waals surface area contributed by atoms with E-state index in [1.165, 1.54) is 5.56 Å². The summed E-state index contributed by atoms with van der Waals surface area (Å²) < 4.78 is 0.914. The van der Waals surface area contributed by atoms with Gasteiger partial charge in [0.1, 0.15) is 5.69 Å². The van der Waals surface area contributed by atoms with E-state index in [0.717, 1.165) is 23.9 Å². The average molecular weight is 325 g/mol. The summed E-state index contributed by atoms with van der Waals surface area (Å²) in [6.07, 6.45) is 3.93. The van der Waals surface area contributed by atoms with Crippen molar-refractivity contribution in [2.75, 3.05) is 6.54 Å². The number of carbonyl (C=O) groups excluding carboxylic acids is 1. The summed E-state index contributed by atoms with van der Waals surface area (Å²) in [5.41, 5.74) is 1.92. The van der Waals surface area contributed by atoms with E-state index in [1.54, 1.807) is 17.5 Å².